The Kier molecular flexibility index (Phi) is 5.52. The first-order chi connectivity index (χ1) is 9.27. The molecule has 0 radical (unpaired) electrons. The van der Waals surface area contributed by atoms with Crippen molar-refractivity contribution in [1.29, 1.82) is 0 Å². The highest BCUT2D eigenvalue weighted by atomic mass is 32.2. The number of esters is 1. The maximum atomic E-state index is 11.4. The fourth-order valence-corrected chi connectivity index (χ4v) is 2.39. The number of carbonyl (C=O) groups is 1. The smallest absolute Gasteiger partial charge is 0.339 e. The number of hydrogen-bond acceptors (Lipinski definition) is 7. The summed E-state index contributed by atoms with van der Waals surface area (Å²) >= 11 is 1.30. The van der Waals surface area contributed by atoms with Gasteiger partial charge in [-0.2, -0.15) is 4.98 Å². The maximum Gasteiger partial charge on any atom is 0.339 e. The lowest BCUT2D eigenvalue weighted by Gasteiger charge is -2.20. The molecule has 1 unspecified atom stereocenters. The molecule has 0 aromatic carbocycles. The molecule has 0 saturated heterocycles. The molecule has 0 amide bonds. The minimum Gasteiger partial charge on any atom is -0.468 e. The van der Waals surface area contributed by atoms with Crippen LogP contribution in [-0.4, -0.2) is 39.1 Å². The number of thioether (sulfide) groups is 1. The quantitative estimate of drug-likeness (QED) is 0.306. The van der Waals surface area contributed by atoms with Crippen LogP contribution in [0.5, 0.6) is 0 Å². The molecular formula is C11H18N4O4S. The largest absolute Gasteiger partial charge is 0.468 e. The summed E-state index contributed by atoms with van der Waals surface area (Å²) in [5, 5.41) is 2.77. The first-order valence-corrected chi connectivity index (χ1v) is 6.94. The van der Waals surface area contributed by atoms with E-state index in [0.29, 0.717) is 23.8 Å². The molecule has 9 heteroatoms. The molecule has 0 aliphatic heterocycles. The number of aromatic amines is 1. The minimum atomic E-state index is -1.03. The van der Waals surface area contributed by atoms with Crippen LogP contribution in [0, 0.1) is 0 Å². The normalized spacial score (nSPS) is 13.8. The molecule has 0 aliphatic carbocycles. The van der Waals surface area contributed by atoms with Crippen LogP contribution in [0.25, 0.3) is 0 Å². The molecule has 1 heterocycles. The summed E-state index contributed by atoms with van der Waals surface area (Å²) in [7, 11) is 2.89. The van der Waals surface area contributed by atoms with Crippen molar-refractivity contribution < 1.29 is 9.53 Å². The van der Waals surface area contributed by atoms with Gasteiger partial charge in [-0.25, -0.2) is 0 Å². The lowest BCUT2D eigenvalue weighted by Crippen LogP contribution is -2.45. The van der Waals surface area contributed by atoms with Gasteiger partial charge in [-0.15, -0.1) is 0 Å². The number of nitrogens with one attached hydrogen (secondary N) is 1. The number of nitrogens with zero attached hydrogens (tertiary/aromatic N) is 2. The molecule has 1 rings (SSSR count). The second-order valence-corrected chi connectivity index (χ2v) is 5.62. The van der Waals surface area contributed by atoms with E-state index >= 15 is 0 Å². The third-order valence-corrected chi connectivity index (χ3v) is 3.79. The number of nitrogens with two attached hydrogens (primary N) is 1. The van der Waals surface area contributed by atoms with Crippen molar-refractivity contribution in [3.05, 3.63) is 20.7 Å². The molecular weight excluding hydrogens is 284 g/mol. The average molecular weight is 302 g/mol. The first-order valence-electron chi connectivity index (χ1n) is 5.95. The van der Waals surface area contributed by atoms with Crippen LogP contribution >= 0.6 is 11.8 Å². The molecule has 20 heavy (non-hydrogen) atoms. The molecule has 1 aromatic heterocycles. The molecule has 1 aromatic rings. The Hall–Kier alpha value is -1.61. The number of hydrogen-bond donors (Lipinski definition) is 2. The van der Waals surface area contributed by atoms with Gasteiger partial charge in [0.15, 0.2) is 5.16 Å². The summed E-state index contributed by atoms with van der Waals surface area (Å²) in [4.78, 5) is 37.2. The summed E-state index contributed by atoms with van der Waals surface area (Å²) in [6.07, 6.45) is 1.09. The van der Waals surface area contributed by atoms with E-state index in [0.717, 1.165) is 0 Å². The second kappa shape index (κ2) is 6.71. The number of methoxy groups -OCH3 is 1. The lowest BCUT2D eigenvalue weighted by atomic mass is 9.98. The molecule has 1 atom stereocenters. The number of rotatable bonds is 6. The van der Waals surface area contributed by atoms with E-state index in [9.17, 15) is 14.4 Å². The van der Waals surface area contributed by atoms with E-state index in [1.54, 1.807) is 14.0 Å². The zero-order chi connectivity index (χ0) is 15.3. The van der Waals surface area contributed by atoms with E-state index < -0.39 is 22.6 Å². The van der Waals surface area contributed by atoms with Gasteiger partial charge in [0.2, 0.25) is 0 Å². The SMILES string of the molecule is COC(=O)C(C)(N)CCCSc1nc(=O)c(=O)[nH]n1C. The Bertz CT molecular complexity index is 593. The van der Waals surface area contributed by atoms with E-state index in [1.165, 1.54) is 23.6 Å². The number of aromatic nitrogens is 3. The van der Waals surface area contributed by atoms with Crippen LogP contribution in [0.2, 0.25) is 0 Å². The van der Waals surface area contributed by atoms with Crippen LogP contribution in [0.15, 0.2) is 14.7 Å². The van der Waals surface area contributed by atoms with Gasteiger partial charge in [-0.3, -0.25) is 24.2 Å². The number of aryl methyl sites for hydroxylation is 1. The summed E-state index contributed by atoms with van der Waals surface area (Å²) in [5.41, 5.74) is 3.23. The molecule has 112 valence electrons. The fourth-order valence-electron chi connectivity index (χ4n) is 1.53. The van der Waals surface area contributed by atoms with E-state index in [1.807, 2.05) is 0 Å². The highest BCUT2D eigenvalue weighted by molar-refractivity contribution is 7.99. The monoisotopic (exact) mass is 302 g/mol. The van der Waals surface area contributed by atoms with E-state index in [4.69, 9.17) is 5.73 Å². The average Bonchev–Trinajstić information content (AvgIpc) is 2.39. The van der Waals surface area contributed by atoms with Crippen molar-refractivity contribution in [3.8, 4) is 0 Å². The molecule has 0 spiro atoms. The Morgan fingerprint density at radius 2 is 2.20 bits per heavy atom. The highest BCUT2D eigenvalue weighted by Crippen LogP contribution is 2.17. The summed E-state index contributed by atoms with van der Waals surface area (Å²) in [6, 6.07) is 0. The van der Waals surface area contributed by atoms with Crippen molar-refractivity contribution in [2.45, 2.75) is 30.5 Å². The standard InChI is InChI=1S/C11H18N4O4S/c1-11(12,9(18)19-3)5-4-6-20-10-13-7(16)8(17)14-15(10)2/h4-6,12H2,1-3H3,(H,14,17). The first kappa shape index (κ1) is 16.4. The molecule has 3 N–H and O–H groups in total. The van der Waals surface area contributed by atoms with Crippen LogP contribution < -0.4 is 16.9 Å². The van der Waals surface area contributed by atoms with Gasteiger partial charge in [-0.05, 0) is 19.8 Å². The van der Waals surface area contributed by atoms with Crippen molar-refractivity contribution in [2.24, 2.45) is 12.8 Å². The van der Waals surface area contributed by atoms with Gasteiger partial charge in [-0.1, -0.05) is 11.8 Å². The zero-order valence-corrected chi connectivity index (χ0v) is 12.5. The third-order valence-electron chi connectivity index (χ3n) is 2.67. The van der Waals surface area contributed by atoms with Gasteiger partial charge in [0, 0.05) is 12.8 Å². The van der Waals surface area contributed by atoms with Crippen LogP contribution in [0.4, 0.5) is 0 Å². The van der Waals surface area contributed by atoms with Crippen LogP contribution in [0.3, 0.4) is 0 Å². The Morgan fingerprint density at radius 3 is 2.80 bits per heavy atom. The molecule has 0 saturated carbocycles. The predicted molar refractivity (Wildman–Crippen MR) is 74.7 cm³/mol. The predicted octanol–water partition coefficient (Wildman–Crippen LogP) is -0.769. The lowest BCUT2D eigenvalue weighted by molar-refractivity contribution is -0.146. The van der Waals surface area contributed by atoms with Crippen molar-refractivity contribution in [3.63, 3.8) is 0 Å². The number of ether oxygens (including phenoxy) is 1. The van der Waals surface area contributed by atoms with Crippen molar-refractivity contribution >= 4 is 17.7 Å². The second-order valence-electron chi connectivity index (χ2n) is 4.56. The van der Waals surface area contributed by atoms with Gasteiger partial charge in [0.1, 0.15) is 5.54 Å². The Balaban J connectivity index is 2.54. The van der Waals surface area contributed by atoms with Crippen LogP contribution in [-0.2, 0) is 16.6 Å². The summed E-state index contributed by atoms with van der Waals surface area (Å²) in [6.45, 7) is 1.61. The Labute approximate surface area is 119 Å². The molecule has 0 aliphatic rings. The number of carbonyl (C=O) groups excluding carboxylic acids is 1. The van der Waals surface area contributed by atoms with Crippen molar-refractivity contribution in [1.82, 2.24) is 14.8 Å². The number of H-pyrrole nitrogens is 1. The highest BCUT2D eigenvalue weighted by Gasteiger charge is 2.28. The van der Waals surface area contributed by atoms with Gasteiger partial charge in [0.25, 0.3) is 0 Å². The van der Waals surface area contributed by atoms with E-state index in [2.05, 4.69) is 14.8 Å². The van der Waals surface area contributed by atoms with E-state index in [-0.39, 0.29) is 0 Å². The Morgan fingerprint density at radius 1 is 1.55 bits per heavy atom. The molecule has 8 nitrogen and oxygen atoms in total. The summed E-state index contributed by atoms with van der Waals surface area (Å²) < 4.78 is 6.00. The maximum absolute atomic E-state index is 11.4. The fraction of sp³-hybridized carbons (Fsp3) is 0.636. The topological polar surface area (TPSA) is 120 Å². The van der Waals surface area contributed by atoms with Crippen LogP contribution in [0.1, 0.15) is 19.8 Å². The third kappa shape index (κ3) is 4.20. The zero-order valence-electron chi connectivity index (χ0n) is 11.6. The van der Waals surface area contributed by atoms with Gasteiger partial charge >= 0.3 is 17.1 Å². The summed E-state index contributed by atoms with van der Waals surface area (Å²) in [5.74, 6) is 0.146. The molecule has 0 bridgehead atoms. The van der Waals surface area contributed by atoms with Crippen molar-refractivity contribution in [2.75, 3.05) is 12.9 Å². The minimum absolute atomic E-state index is 0.409. The van der Waals surface area contributed by atoms with Gasteiger partial charge in [0.05, 0.1) is 7.11 Å². The molecule has 0 fully saturated rings. The van der Waals surface area contributed by atoms with Gasteiger partial charge < -0.3 is 10.5 Å².